The second kappa shape index (κ2) is 5.75. The lowest BCUT2D eigenvalue weighted by molar-refractivity contribution is 0.415. The summed E-state index contributed by atoms with van der Waals surface area (Å²) in [5.41, 5.74) is 2.25. The van der Waals surface area contributed by atoms with Crippen LogP contribution in [0.2, 0.25) is 5.02 Å². The van der Waals surface area contributed by atoms with Gasteiger partial charge in [-0.2, -0.15) is 0 Å². The third-order valence-electron chi connectivity index (χ3n) is 2.45. The minimum atomic E-state index is 0.634. The fraction of sp³-hybridized carbons (Fsp3) is 0.231. The van der Waals surface area contributed by atoms with E-state index in [9.17, 15) is 0 Å². The van der Waals surface area contributed by atoms with Crippen LogP contribution in [0.1, 0.15) is 11.1 Å². The van der Waals surface area contributed by atoms with Crippen LogP contribution in [0.15, 0.2) is 41.2 Å². The van der Waals surface area contributed by atoms with Crippen molar-refractivity contribution in [1.82, 2.24) is 5.32 Å². The van der Waals surface area contributed by atoms with Crippen LogP contribution in [0.25, 0.3) is 0 Å². The Hall–Kier alpha value is -1.45. The molecule has 2 aromatic rings. The molecule has 1 aromatic heterocycles. The Labute approximate surface area is 105 Å². The summed E-state index contributed by atoms with van der Waals surface area (Å²) in [6.07, 6.45) is 3.40. The zero-order chi connectivity index (χ0) is 12.1. The maximum Gasteiger partial charge on any atom is 0.137 e. The van der Waals surface area contributed by atoms with E-state index in [0.717, 1.165) is 24.2 Å². The van der Waals surface area contributed by atoms with E-state index in [-0.39, 0.29) is 0 Å². The molecule has 0 unspecified atom stereocenters. The van der Waals surface area contributed by atoms with Crippen molar-refractivity contribution in [2.45, 2.75) is 13.1 Å². The minimum absolute atomic E-state index is 0.634. The van der Waals surface area contributed by atoms with E-state index < -0.39 is 0 Å². The molecule has 0 bridgehead atoms. The summed E-state index contributed by atoms with van der Waals surface area (Å²) in [5.74, 6) is 0.699. The number of furan rings is 1. The topological polar surface area (TPSA) is 34.4 Å². The number of hydrogen-bond acceptors (Lipinski definition) is 3. The maximum atomic E-state index is 6.04. The van der Waals surface area contributed by atoms with Crippen molar-refractivity contribution < 1.29 is 9.15 Å². The van der Waals surface area contributed by atoms with Crippen LogP contribution in [-0.2, 0) is 13.1 Å². The van der Waals surface area contributed by atoms with Crippen LogP contribution in [0, 0.1) is 0 Å². The quantitative estimate of drug-likeness (QED) is 0.886. The summed E-state index contributed by atoms with van der Waals surface area (Å²) in [5, 5.41) is 3.94. The lowest BCUT2D eigenvalue weighted by Gasteiger charge is -2.07. The van der Waals surface area contributed by atoms with Crippen LogP contribution in [0.3, 0.4) is 0 Å². The van der Waals surface area contributed by atoms with Gasteiger partial charge in [-0.15, -0.1) is 0 Å². The standard InChI is InChI=1S/C13H14ClNO2/c1-16-13-3-2-10(6-12(13)14)7-15-8-11-4-5-17-9-11/h2-6,9,15H,7-8H2,1H3. The van der Waals surface area contributed by atoms with Crippen LogP contribution in [0.4, 0.5) is 0 Å². The zero-order valence-corrected chi connectivity index (χ0v) is 10.3. The molecule has 0 atom stereocenters. The van der Waals surface area contributed by atoms with Gasteiger partial charge in [0.05, 0.1) is 24.7 Å². The van der Waals surface area contributed by atoms with Crippen LogP contribution in [0.5, 0.6) is 5.75 Å². The Bertz CT molecular complexity index is 468. The second-order valence-corrected chi connectivity index (χ2v) is 4.11. The molecular weight excluding hydrogens is 238 g/mol. The molecule has 1 N–H and O–H groups in total. The molecule has 1 aromatic carbocycles. The van der Waals surface area contributed by atoms with E-state index in [1.165, 1.54) is 0 Å². The Morgan fingerprint density at radius 3 is 2.71 bits per heavy atom. The highest BCUT2D eigenvalue weighted by atomic mass is 35.5. The van der Waals surface area contributed by atoms with E-state index in [0.29, 0.717) is 10.8 Å². The molecular formula is C13H14ClNO2. The lowest BCUT2D eigenvalue weighted by Crippen LogP contribution is -2.12. The minimum Gasteiger partial charge on any atom is -0.495 e. The maximum absolute atomic E-state index is 6.04. The highest BCUT2D eigenvalue weighted by molar-refractivity contribution is 6.32. The summed E-state index contributed by atoms with van der Waals surface area (Å²) < 4.78 is 10.1. The van der Waals surface area contributed by atoms with E-state index in [1.807, 2.05) is 24.3 Å². The summed E-state index contributed by atoms with van der Waals surface area (Å²) >= 11 is 6.04. The normalized spacial score (nSPS) is 10.5. The van der Waals surface area contributed by atoms with Crippen molar-refractivity contribution in [1.29, 1.82) is 0 Å². The summed E-state index contributed by atoms with van der Waals surface area (Å²) in [7, 11) is 1.61. The van der Waals surface area contributed by atoms with Gasteiger partial charge >= 0.3 is 0 Å². The van der Waals surface area contributed by atoms with Gasteiger partial charge in [-0.1, -0.05) is 17.7 Å². The van der Waals surface area contributed by atoms with Gasteiger partial charge in [0.2, 0.25) is 0 Å². The van der Waals surface area contributed by atoms with Gasteiger partial charge in [-0.05, 0) is 23.8 Å². The molecule has 0 saturated carbocycles. The lowest BCUT2D eigenvalue weighted by atomic mass is 10.2. The molecule has 4 heteroatoms. The molecule has 17 heavy (non-hydrogen) atoms. The van der Waals surface area contributed by atoms with Crippen LogP contribution in [-0.4, -0.2) is 7.11 Å². The molecule has 0 fully saturated rings. The average Bonchev–Trinajstić information content (AvgIpc) is 2.82. The first-order valence-electron chi connectivity index (χ1n) is 5.34. The van der Waals surface area contributed by atoms with Gasteiger partial charge in [0.15, 0.2) is 0 Å². The molecule has 1 heterocycles. The largest absolute Gasteiger partial charge is 0.495 e. The molecule has 0 amide bonds. The first-order valence-corrected chi connectivity index (χ1v) is 5.71. The van der Waals surface area contributed by atoms with E-state index >= 15 is 0 Å². The van der Waals surface area contributed by atoms with Crippen molar-refractivity contribution >= 4 is 11.6 Å². The molecule has 0 radical (unpaired) electrons. The predicted molar refractivity (Wildman–Crippen MR) is 67.3 cm³/mol. The highest BCUT2D eigenvalue weighted by Crippen LogP contribution is 2.24. The molecule has 0 aliphatic rings. The van der Waals surface area contributed by atoms with Gasteiger partial charge in [-0.3, -0.25) is 0 Å². The number of benzene rings is 1. The van der Waals surface area contributed by atoms with E-state index in [2.05, 4.69) is 5.32 Å². The number of methoxy groups -OCH3 is 1. The smallest absolute Gasteiger partial charge is 0.137 e. The van der Waals surface area contributed by atoms with Gasteiger partial charge in [0.1, 0.15) is 5.75 Å². The van der Waals surface area contributed by atoms with Gasteiger partial charge in [0.25, 0.3) is 0 Å². The third-order valence-corrected chi connectivity index (χ3v) is 2.75. The number of ether oxygens (including phenoxy) is 1. The Balaban J connectivity index is 1.89. The monoisotopic (exact) mass is 251 g/mol. The summed E-state index contributed by atoms with van der Waals surface area (Å²) in [6, 6.07) is 7.71. The van der Waals surface area contributed by atoms with Crippen molar-refractivity contribution in [2.75, 3.05) is 7.11 Å². The molecule has 0 saturated heterocycles. The second-order valence-electron chi connectivity index (χ2n) is 3.70. The number of nitrogens with one attached hydrogen (secondary N) is 1. The van der Waals surface area contributed by atoms with E-state index in [4.69, 9.17) is 20.8 Å². The average molecular weight is 252 g/mol. The molecule has 2 rings (SSSR count). The number of rotatable bonds is 5. The molecule has 3 nitrogen and oxygen atoms in total. The fourth-order valence-electron chi connectivity index (χ4n) is 1.56. The molecule has 90 valence electrons. The summed E-state index contributed by atoms with van der Waals surface area (Å²) in [6.45, 7) is 1.54. The van der Waals surface area contributed by atoms with Gasteiger partial charge in [0, 0.05) is 18.7 Å². The highest BCUT2D eigenvalue weighted by Gasteiger charge is 2.01. The predicted octanol–water partition coefficient (Wildman–Crippen LogP) is 3.23. The first-order chi connectivity index (χ1) is 8.29. The number of hydrogen-bond donors (Lipinski definition) is 1. The number of halogens is 1. The van der Waals surface area contributed by atoms with Crippen molar-refractivity contribution in [3.05, 3.63) is 52.9 Å². The van der Waals surface area contributed by atoms with Crippen LogP contribution < -0.4 is 10.1 Å². The van der Waals surface area contributed by atoms with Gasteiger partial charge in [-0.25, -0.2) is 0 Å². The summed E-state index contributed by atoms with van der Waals surface area (Å²) in [4.78, 5) is 0. The van der Waals surface area contributed by atoms with E-state index in [1.54, 1.807) is 19.6 Å². The fourth-order valence-corrected chi connectivity index (χ4v) is 1.84. The van der Waals surface area contributed by atoms with Crippen molar-refractivity contribution in [3.63, 3.8) is 0 Å². The Kier molecular flexibility index (Phi) is 4.07. The molecule has 0 aliphatic heterocycles. The van der Waals surface area contributed by atoms with Gasteiger partial charge < -0.3 is 14.5 Å². The Morgan fingerprint density at radius 1 is 1.24 bits per heavy atom. The SMILES string of the molecule is COc1ccc(CNCc2ccoc2)cc1Cl. The van der Waals surface area contributed by atoms with Crippen molar-refractivity contribution in [2.24, 2.45) is 0 Å². The molecule has 0 aliphatic carbocycles. The first kappa shape index (κ1) is 12.0. The van der Waals surface area contributed by atoms with Crippen LogP contribution >= 0.6 is 11.6 Å². The zero-order valence-electron chi connectivity index (χ0n) is 9.57. The Morgan fingerprint density at radius 2 is 2.06 bits per heavy atom. The third kappa shape index (κ3) is 3.25. The van der Waals surface area contributed by atoms with Crippen molar-refractivity contribution in [3.8, 4) is 5.75 Å². The molecule has 0 spiro atoms.